The molecule has 100 valence electrons. The molecule has 8 nitrogen and oxygen atoms in total. The van der Waals surface area contributed by atoms with Crippen LogP contribution in [0.3, 0.4) is 0 Å². The van der Waals surface area contributed by atoms with Gasteiger partial charge in [0.15, 0.2) is 0 Å². The molecule has 0 aliphatic heterocycles. The summed E-state index contributed by atoms with van der Waals surface area (Å²) in [5.74, 6) is 0.231. The Morgan fingerprint density at radius 2 is 2.37 bits per heavy atom. The largest absolute Gasteiger partial charge is 0.370 e. The smallest absolute Gasteiger partial charge is 0.250 e. The molecule has 0 bridgehead atoms. The maximum Gasteiger partial charge on any atom is 0.250 e. The maximum absolute atomic E-state index is 11.6. The van der Waals surface area contributed by atoms with Crippen LogP contribution in [-0.4, -0.2) is 46.3 Å². The molecule has 0 fully saturated rings. The molecule has 1 aromatic carbocycles. The summed E-state index contributed by atoms with van der Waals surface area (Å²) >= 11 is 0. The fourth-order valence-electron chi connectivity index (χ4n) is 1.47. The summed E-state index contributed by atoms with van der Waals surface area (Å²) in [5.41, 5.74) is 6.66. The first kappa shape index (κ1) is 13.1. The molecule has 0 spiro atoms. The molecule has 0 aliphatic carbocycles. The molecule has 0 saturated heterocycles. The maximum atomic E-state index is 11.6. The third-order valence-corrected chi connectivity index (χ3v) is 2.25. The molecule has 19 heavy (non-hydrogen) atoms. The van der Waals surface area contributed by atoms with Gasteiger partial charge in [-0.1, -0.05) is 12.1 Å². The Hall–Kier alpha value is -2.32. The van der Waals surface area contributed by atoms with Crippen molar-refractivity contribution in [1.29, 1.82) is 0 Å². The molecular formula is C11H14N6O2. The highest BCUT2D eigenvalue weighted by atomic mass is 16.5. The zero-order chi connectivity index (χ0) is 13.5. The Labute approximate surface area is 109 Å². The normalized spacial score (nSPS) is 10.4. The fourth-order valence-corrected chi connectivity index (χ4v) is 1.47. The number of carbonyl (C=O) groups is 1. The van der Waals surface area contributed by atoms with Crippen molar-refractivity contribution < 1.29 is 9.53 Å². The molecule has 2 aromatic rings. The van der Waals surface area contributed by atoms with Crippen LogP contribution in [0.4, 0.5) is 5.69 Å². The summed E-state index contributed by atoms with van der Waals surface area (Å²) in [4.78, 5) is 11.6. The number of tetrazole rings is 1. The highest BCUT2D eigenvalue weighted by molar-refractivity contribution is 5.92. The Morgan fingerprint density at radius 1 is 1.47 bits per heavy atom. The monoisotopic (exact) mass is 262 g/mol. The van der Waals surface area contributed by atoms with E-state index in [0.717, 1.165) is 5.56 Å². The molecule has 0 radical (unpaired) electrons. The number of ether oxygens (including phenoxy) is 1. The van der Waals surface area contributed by atoms with Crippen molar-refractivity contribution in [3.8, 4) is 11.4 Å². The number of aromatic amines is 1. The summed E-state index contributed by atoms with van der Waals surface area (Å²) in [7, 11) is 0. The van der Waals surface area contributed by atoms with Gasteiger partial charge in [0.25, 0.3) is 0 Å². The average Bonchev–Trinajstić information content (AvgIpc) is 2.93. The first-order valence-corrected chi connectivity index (χ1v) is 5.71. The third kappa shape index (κ3) is 3.83. The van der Waals surface area contributed by atoms with Gasteiger partial charge >= 0.3 is 0 Å². The molecule has 1 amide bonds. The number of benzene rings is 1. The zero-order valence-electron chi connectivity index (χ0n) is 10.2. The van der Waals surface area contributed by atoms with Gasteiger partial charge in [0, 0.05) is 17.8 Å². The van der Waals surface area contributed by atoms with Gasteiger partial charge in [0.05, 0.1) is 6.61 Å². The Balaban J connectivity index is 1.97. The van der Waals surface area contributed by atoms with Crippen LogP contribution in [-0.2, 0) is 9.53 Å². The molecule has 0 atom stereocenters. The zero-order valence-corrected chi connectivity index (χ0v) is 10.2. The van der Waals surface area contributed by atoms with Crippen molar-refractivity contribution in [2.24, 2.45) is 5.73 Å². The van der Waals surface area contributed by atoms with Gasteiger partial charge in [0.2, 0.25) is 11.7 Å². The second kappa shape index (κ2) is 6.57. The molecule has 2 rings (SSSR count). The molecular weight excluding hydrogens is 248 g/mol. The molecule has 0 saturated carbocycles. The van der Waals surface area contributed by atoms with E-state index in [1.807, 2.05) is 6.07 Å². The number of rotatable bonds is 6. The first-order valence-electron chi connectivity index (χ1n) is 5.71. The van der Waals surface area contributed by atoms with Crippen LogP contribution in [0.1, 0.15) is 0 Å². The minimum absolute atomic E-state index is 0.0242. The number of anilines is 1. The average molecular weight is 262 g/mol. The fraction of sp³-hybridized carbons (Fsp3) is 0.273. The van der Waals surface area contributed by atoms with Crippen LogP contribution in [0.25, 0.3) is 11.4 Å². The van der Waals surface area contributed by atoms with Gasteiger partial charge in [-0.15, -0.1) is 10.2 Å². The van der Waals surface area contributed by atoms with E-state index in [1.54, 1.807) is 18.2 Å². The van der Waals surface area contributed by atoms with Gasteiger partial charge in [0.1, 0.15) is 6.61 Å². The lowest BCUT2D eigenvalue weighted by Crippen LogP contribution is -2.20. The topological polar surface area (TPSA) is 119 Å². The van der Waals surface area contributed by atoms with Crippen LogP contribution in [0, 0.1) is 0 Å². The van der Waals surface area contributed by atoms with Crippen LogP contribution in [0.15, 0.2) is 24.3 Å². The van der Waals surface area contributed by atoms with Gasteiger partial charge in [-0.25, -0.2) is 0 Å². The van der Waals surface area contributed by atoms with E-state index in [9.17, 15) is 4.79 Å². The molecule has 1 aromatic heterocycles. The summed E-state index contributed by atoms with van der Waals surface area (Å²) in [6.45, 7) is 0.723. The number of carbonyl (C=O) groups excluding carboxylic acids is 1. The SMILES string of the molecule is NCCOCC(=O)Nc1cccc(-c2nn[nH]n2)c1. The van der Waals surface area contributed by atoms with Crippen molar-refractivity contribution in [3.63, 3.8) is 0 Å². The second-order valence-electron chi connectivity index (χ2n) is 3.71. The number of nitrogens with zero attached hydrogens (tertiary/aromatic N) is 3. The third-order valence-electron chi connectivity index (χ3n) is 2.25. The van der Waals surface area contributed by atoms with Gasteiger partial charge < -0.3 is 15.8 Å². The van der Waals surface area contributed by atoms with E-state index >= 15 is 0 Å². The van der Waals surface area contributed by atoms with Crippen LogP contribution >= 0.6 is 0 Å². The van der Waals surface area contributed by atoms with Crippen LogP contribution in [0.2, 0.25) is 0 Å². The number of nitrogens with one attached hydrogen (secondary N) is 2. The number of hydrogen-bond acceptors (Lipinski definition) is 6. The number of amides is 1. The van der Waals surface area contributed by atoms with Gasteiger partial charge in [-0.3, -0.25) is 4.79 Å². The molecule has 8 heteroatoms. The lowest BCUT2D eigenvalue weighted by atomic mass is 10.2. The van der Waals surface area contributed by atoms with Crippen molar-refractivity contribution in [3.05, 3.63) is 24.3 Å². The molecule has 0 unspecified atom stereocenters. The standard InChI is InChI=1S/C11H14N6O2/c12-4-5-19-7-10(18)13-9-3-1-2-8(6-9)11-14-16-17-15-11/h1-3,6H,4-5,7,12H2,(H,13,18)(H,14,15,16,17). The van der Waals surface area contributed by atoms with Crippen molar-refractivity contribution in [1.82, 2.24) is 20.6 Å². The lowest BCUT2D eigenvalue weighted by molar-refractivity contribution is -0.120. The molecule has 0 aliphatic rings. The predicted molar refractivity (Wildman–Crippen MR) is 68.1 cm³/mol. The Kier molecular flexibility index (Phi) is 4.54. The number of aromatic nitrogens is 4. The van der Waals surface area contributed by atoms with E-state index in [4.69, 9.17) is 10.5 Å². The van der Waals surface area contributed by atoms with Crippen LogP contribution in [0.5, 0.6) is 0 Å². The van der Waals surface area contributed by atoms with Crippen LogP contribution < -0.4 is 11.1 Å². The Bertz CT molecular complexity index is 528. The molecule has 1 heterocycles. The van der Waals surface area contributed by atoms with E-state index < -0.39 is 0 Å². The second-order valence-corrected chi connectivity index (χ2v) is 3.71. The van der Waals surface area contributed by atoms with E-state index in [-0.39, 0.29) is 12.5 Å². The Morgan fingerprint density at radius 3 is 3.11 bits per heavy atom. The molecule has 4 N–H and O–H groups in total. The minimum Gasteiger partial charge on any atom is -0.370 e. The van der Waals surface area contributed by atoms with Gasteiger partial charge in [-0.05, 0) is 17.3 Å². The first-order chi connectivity index (χ1) is 9.29. The predicted octanol–water partition coefficient (Wildman–Crippen LogP) is -0.220. The van der Waals surface area contributed by atoms with Crippen molar-refractivity contribution in [2.45, 2.75) is 0 Å². The summed E-state index contributed by atoms with van der Waals surface area (Å²) < 4.78 is 5.04. The summed E-state index contributed by atoms with van der Waals surface area (Å²) in [5, 5.41) is 16.3. The van der Waals surface area contributed by atoms with Crippen molar-refractivity contribution >= 4 is 11.6 Å². The number of nitrogens with two attached hydrogens (primary N) is 1. The highest BCUT2D eigenvalue weighted by Crippen LogP contribution is 2.18. The number of hydrogen-bond donors (Lipinski definition) is 3. The quantitative estimate of drug-likeness (QED) is 0.619. The summed E-state index contributed by atoms with van der Waals surface area (Å²) in [6.07, 6.45) is 0. The summed E-state index contributed by atoms with van der Waals surface area (Å²) in [6, 6.07) is 7.14. The lowest BCUT2D eigenvalue weighted by Gasteiger charge is -2.06. The minimum atomic E-state index is -0.237. The van der Waals surface area contributed by atoms with Crippen molar-refractivity contribution in [2.75, 3.05) is 25.1 Å². The number of H-pyrrole nitrogens is 1. The van der Waals surface area contributed by atoms with E-state index in [2.05, 4.69) is 25.9 Å². The highest BCUT2D eigenvalue weighted by Gasteiger charge is 2.06. The van der Waals surface area contributed by atoms with Gasteiger partial charge in [-0.2, -0.15) is 5.21 Å². The van der Waals surface area contributed by atoms with E-state index in [1.165, 1.54) is 0 Å². The van der Waals surface area contributed by atoms with E-state index in [0.29, 0.717) is 24.7 Å².